The summed E-state index contributed by atoms with van der Waals surface area (Å²) in [6.07, 6.45) is 4.85. The molecule has 0 amide bonds. The van der Waals surface area contributed by atoms with Crippen molar-refractivity contribution in [3.05, 3.63) is 35.0 Å². The second-order valence-corrected chi connectivity index (χ2v) is 5.45. The van der Waals surface area contributed by atoms with Gasteiger partial charge in [0.05, 0.1) is 0 Å². The first kappa shape index (κ1) is 11.1. The van der Waals surface area contributed by atoms with E-state index in [0.29, 0.717) is 6.04 Å². The van der Waals surface area contributed by atoms with Gasteiger partial charge in [0, 0.05) is 34.7 Å². The van der Waals surface area contributed by atoms with Gasteiger partial charge in [-0.2, -0.15) is 0 Å². The molecule has 1 aliphatic carbocycles. The minimum absolute atomic E-state index is 0.632. The number of nitrogens with one attached hydrogen (secondary N) is 2. The van der Waals surface area contributed by atoms with Gasteiger partial charge in [0.15, 0.2) is 0 Å². The molecule has 0 bridgehead atoms. The lowest BCUT2D eigenvalue weighted by Crippen LogP contribution is -2.27. The SMILES string of the molecule is CC(NCc1c[nH]c2cc(Cl)ccc12)C1CC1. The Bertz CT molecular complexity index is 528. The Kier molecular flexibility index (Phi) is 2.85. The summed E-state index contributed by atoms with van der Waals surface area (Å²) in [4.78, 5) is 3.27. The number of fused-ring (bicyclic) bond motifs is 1. The number of benzene rings is 1. The normalized spacial score (nSPS) is 17.5. The molecule has 1 aliphatic rings. The maximum absolute atomic E-state index is 5.97. The van der Waals surface area contributed by atoms with Crippen LogP contribution >= 0.6 is 11.6 Å². The van der Waals surface area contributed by atoms with E-state index in [0.717, 1.165) is 23.0 Å². The molecule has 1 aromatic heterocycles. The van der Waals surface area contributed by atoms with Gasteiger partial charge in [-0.3, -0.25) is 0 Å². The quantitative estimate of drug-likeness (QED) is 0.848. The lowest BCUT2D eigenvalue weighted by molar-refractivity contribution is 0.497. The maximum atomic E-state index is 5.97. The van der Waals surface area contributed by atoms with Crippen LogP contribution in [0.1, 0.15) is 25.3 Å². The first-order chi connectivity index (χ1) is 8.24. The summed E-state index contributed by atoms with van der Waals surface area (Å²) >= 11 is 5.97. The Morgan fingerprint density at radius 1 is 1.47 bits per heavy atom. The molecule has 3 rings (SSSR count). The van der Waals surface area contributed by atoms with Gasteiger partial charge in [-0.05, 0) is 43.4 Å². The minimum atomic E-state index is 0.632. The zero-order valence-corrected chi connectivity index (χ0v) is 10.7. The van der Waals surface area contributed by atoms with Gasteiger partial charge in [-0.1, -0.05) is 17.7 Å². The Hall–Kier alpha value is -0.990. The highest BCUT2D eigenvalue weighted by molar-refractivity contribution is 6.31. The molecule has 0 saturated heterocycles. The number of aromatic amines is 1. The van der Waals surface area contributed by atoms with E-state index < -0.39 is 0 Å². The van der Waals surface area contributed by atoms with Crippen LogP contribution in [-0.4, -0.2) is 11.0 Å². The standard InChI is InChI=1S/C14H17ClN2/c1-9(10-2-3-10)16-7-11-8-17-14-6-12(15)4-5-13(11)14/h4-6,8-10,16-17H,2-3,7H2,1H3. The van der Waals surface area contributed by atoms with Gasteiger partial charge in [0.1, 0.15) is 0 Å². The average Bonchev–Trinajstić information content (AvgIpc) is 3.08. The highest BCUT2D eigenvalue weighted by Gasteiger charge is 2.27. The Balaban J connectivity index is 1.76. The van der Waals surface area contributed by atoms with Crippen LogP contribution in [0.2, 0.25) is 5.02 Å². The third-order valence-electron chi connectivity index (χ3n) is 3.67. The van der Waals surface area contributed by atoms with Gasteiger partial charge in [-0.15, -0.1) is 0 Å². The van der Waals surface area contributed by atoms with Crippen molar-refractivity contribution in [1.82, 2.24) is 10.3 Å². The van der Waals surface area contributed by atoms with E-state index in [4.69, 9.17) is 11.6 Å². The van der Waals surface area contributed by atoms with E-state index in [2.05, 4.69) is 29.5 Å². The Morgan fingerprint density at radius 2 is 2.29 bits per heavy atom. The molecule has 3 heteroatoms. The zero-order chi connectivity index (χ0) is 11.8. The van der Waals surface area contributed by atoms with Crippen molar-refractivity contribution in [2.45, 2.75) is 32.4 Å². The summed E-state index contributed by atoms with van der Waals surface area (Å²) in [6, 6.07) is 6.65. The summed E-state index contributed by atoms with van der Waals surface area (Å²) in [5, 5.41) is 5.65. The van der Waals surface area contributed by atoms with E-state index in [1.165, 1.54) is 23.8 Å². The van der Waals surface area contributed by atoms with Gasteiger partial charge < -0.3 is 10.3 Å². The van der Waals surface area contributed by atoms with Gasteiger partial charge in [0.2, 0.25) is 0 Å². The number of aromatic nitrogens is 1. The molecule has 1 unspecified atom stereocenters. The number of hydrogen-bond donors (Lipinski definition) is 2. The first-order valence-electron chi connectivity index (χ1n) is 6.23. The van der Waals surface area contributed by atoms with Crippen LogP contribution in [0.5, 0.6) is 0 Å². The number of rotatable bonds is 4. The van der Waals surface area contributed by atoms with Crippen LogP contribution < -0.4 is 5.32 Å². The molecule has 0 radical (unpaired) electrons. The fraction of sp³-hybridized carbons (Fsp3) is 0.429. The highest BCUT2D eigenvalue weighted by atomic mass is 35.5. The van der Waals surface area contributed by atoms with E-state index in [1.807, 2.05) is 12.1 Å². The van der Waals surface area contributed by atoms with E-state index in [1.54, 1.807) is 0 Å². The Labute approximate surface area is 106 Å². The van der Waals surface area contributed by atoms with E-state index in [-0.39, 0.29) is 0 Å². The second-order valence-electron chi connectivity index (χ2n) is 5.01. The molecule has 1 heterocycles. The number of hydrogen-bond acceptors (Lipinski definition) is 1. The topological polar surface area (TPSA) is 27.8 Å². The highest BCUT2D eigenvalue weighted by Crippen LogP contribution is 2.32. The van der Waals surface area contributed by atoms with Crippen LogP contribution in [0.3, 0.4) is 0 Å². The lowest BCUT2D eigenvalue weighted by atomic mass is 10.1. The lowest BCUT2D eigenvalue weighted by Gasteiger charge is -2.11. The molecule has 2 N–H and O–H groups in total. The van der Waals surface area contributed by atoms with Crippen LogP contribution in [0.15, 0.2) is 24.4 Å². The molecule has 2 nitrogen and oxygen atoms in total. The third kappa shape index (κ3) is 2.33. The Morgan fingerprint density at radius 3 is 3.06 bits per heavy atom. The van der Waals surface area contributed by atoms with Gasteiger partial charge in [0.25, 0.3) is 0 Å². The summed E-state index contributed by atoms with van der Waals surface area (Å²) in [5.41, 5.74) is 2.44. The van der Waals surface area contributed by atoms with Crippen molar-refractivity contribution >= 4 is 22.5 Å². The molecule has 0 aliphatic heterocycles. The maximum Gasteiger partial charge on any atom is 0.0472 e. The molecule has 1 atom stereocenters. The average molecular weight is 249 g/mol. The molecular weight excluding hydrogens is 232 g/mol. The van der Waals surface area contributed by atoms with Crippen molar-refractivity contribution in [3.8, 4) is 0 Å². The molecule has 1 aromatic carbocycles. The minimum Gasteiger partial charge on any atom is -0.361 e. The van der Waals surface area contributed by atoms with Gasteiger partial charge >= 0.3 is 0 Å². The van der Waals surface area contributed by atoms with Crippen molar-refractivity contribution in [3.63, 3.8) is 0 Å². The fourth-order valence-corrected chi connectivity index (χ4v) is 2.51. The summed E-state index contributed by atoms with van der Waals surface area (Å²) in [5.74, 6) is 0.898. The zero-order valence-electron chi connectivity index (χ0n) is 9.96. The molecule has 17 heavy (non-hydrogen) atoms. The van der Waals surface area contributed by atoms with Crippen LogP contribution in [0.25, 0.3) is 10.9 Å². The number of halogens is 1. The monoisotopic (exact) mass is 248 g/mol. The van der Waals surface area contributed by atoms with Crippen molar-refractivity contribution < 1.29 is 0 Å². The van der Waals surface area contributed by atoms with E-state index in [9.17, 15) is 0 Å². The first-order valence-corrected chi connectivity index (χ1v) is 6.61. The van der Waals surface area contributed by atoms with Crippen LogP contribution in [-0.2, 0) is 6.54 Å². The molecular formula is C14H17ClN2. The predicted octanol–water partition coefficient (Wildman–Crippen LogP) is 3.71. The van der Waals surface area contributed by atoms with Crippen molar-refractivity contribution in [2.24, 2.45) is 5.92 Å². The number of H-pyrrole nitrogens is 1. The third-order valence-corrected chi connectivity index (χ3v) is 3.91. The molecule has 1 fully saturated rings. The molecule has 2 aromatic rings. The van der Waals surface area contributed by atoms with Crippen molar-refractivity contribution in [1.29, 1.82) is 0 Å². The van der Waals surface area contributed by atoms with E-state index >= 15 is 0 Å². The fourth-order valence-electron chi connectivity index (χ4n) is 2.34. The largest absolute Gasteiger partial charge is 0.361 e. The van der Waals surface area contributed by atoms with Gasteiger partial charge in [-0.25, -0.2) is 0 Å². The van der Waals surface area contributed by atoms with Crippen LogP contribution in [0.4, 0.5) is 0 Å². The molecule has 0 spiro atoms. The second kappa shape index (κ2) is 4.35. The summed E-state index contributed by atoms with van der Waals surface area (Å²) in [7, 11) is 0. The smallest absolute Gasteiger partial charge is 0.0472 e. The summed E-state index contributed by atoms with van der Waals surface area (Å²) < 4.78 is 0. The van der Waals surface area contributed by atoms with Crippen LogP contribution in [0, 0.1) is 5.92 Å². The molecule has 90 valence electrons. The van der Waals surface area contributed by atoms with Crippen molar-refractivity contribution in [2.75, 3.05) is 0 Å². The summed E-state index contributed by atoms with van der Waals surface area (Å²) in [6.45, 7) is 3.21. The molecule has 1 saturated carbocycles. The predicted molar refractivity (Wildman–Crippen MR) is 72.3 cm³/mol.